The van der Waals surface area contributed by atoms with Crippen LogP contribution in [-0.2, 0) is 14.3 Å². The molecular formula is C20H21F3N2O4. The molecule has 156 valence electrons. The minimum absolute atomic E-state index is 0.00575. The molecule has 1 unspecified atom stereocenters. The third kappa shape index (κ3) is 5.06. The van der Waals surface area contributed by atoms with Gasteiger partial charge < -0.3 is 14.8 Å². The van der Waals surface area contributed by atoms with E-state index >= 15 is 0 Å². The maximum Gasteiger partial charge on any atom is 0.277 e. The highest BCUT2D eigenvalue weighted by Gasteiger charge is 2.33. The summed E-state index contributed by atoms with van der Waals surface area (Å²) in [6.45, 7) is 5.46. The van der Waals surface area contributed by atoms with Gasteiger partial charge >= 0.3 is 0 Å². The van der Waals surface area contributed by atoms with Crippen LogP contribution in [0, 0.1) is 24.4 Å². The maximum absolute atomic E-state index is 14.4. The Labute approximate surface area is 165 Å². The van der Waals surface area contributed by atoms with Crippen LogP contribution in [-0.4, -0.2) is 31.0 Å². The molecule has 0 aliphatic carbocycles. The number of hydrogen-bond donors (Lipinski definition) is 2. The van der Waals surface area contributed by atoms with Gasteiger partial charge in [0.2, 0.25) is 0 Å². The largest absolute Gasteiger partial charge is 0.350 e. The average Bonchev–Trinajstić information content (AvgIpc) is 2.99. The van der Waals surface area contributed by atoms with E-state index in [9.17, 15) is 18.0 Å². The SMILES string of the molecule is Cc1ccc(Nc2c(C(=O)NOCC3COC(C)(C)O3)ccc(F)c2F)c(F)c1. The number of anilines is 2. The van der Waals surface area contributed by atoms with Crippen molar-refractivity contribution in [2.75, 3.05) is 18.5 Å². The van der Waals surface area contributed by atoms with Gasteiger partial charge in [-0.1, -0.05) is 6.07 Å². The van der Waals surface area contributed by atoms with E-state index in [1.165, 1.54) is 12.1 Å². The smallest absolute Gasteiger partial charge is 0.277 e. The van der Waals surface area contributed by atoms with Crippen molar-refractivity contribution in [2.24, 2.45) is 0 Å². The van der Waals surface area contributed by atoms with Crippen LogP contribution in [0.4, 0.5) is 24.5 Å². The Bertz CT molecular complexity index is 921. The lowest BCUT2D eigenvalue weighted by molar-refractivity contribution is -0.147. The highest BCUT2D eigenvalue weighted by atomic mass is 19.2. The quantitative estimate of drug-likeness (QED) is 0.706. The summed E-state index contributed by atoms with van der Waals surface area (Å²) in [4.78, 5) is 17.5. The molecule has 2 aromatic rings. The van der Waals surface area contributed by atoms with Gasteiger partial charge in [-0.15, -0.1) is 0 Å². The molecule has 9 heteroatoms. The lowest BCUT2D eigenvalue weighted by Gasteiger charge is -2.17. The molecule has 0 spiro atoms. The standard InChI is InChI=1S/C20H21F3N2O4/c1-11-4-7-16(15(22)8-11)24-18-13(5-6-14(21)17(18)23)19(26)25-28-10-12-9-27-20(2,3)29-12/h4-8,12,24H,9-10H2,1-3H3,(H,25,26). The van der Waals surface area contributed by atoms with Crippen molar-refractivity contribution in [3.05, 3.63) is 58.9 Å². The number of hydroxylamine groups is 1. The first-order valence-corrected chi connectivity index (χ1v) is 8.91. The van der Waals surface area contributed by atoms with E-state index < -0.39 is 40.9 Å². The predicted octanol–water partition coefficient (Wildman–Crippen LogP) is 3.97. The second kappa shape index (κ2) is 8.40. The third-order valence-corrected chi connectivity index (χ3v) is 4.23. The number of amides is 1. The molecule has 0 bridgehead atoms. The number of rotatable bonds is 6. The Balaban J connectivity index is 1.73. The Hall–Kier alpha value is -2.62. The van der Waals surface area contributed by atoms with Crippen LogP contribution < -0.4 is 10.8 Å². The van der Waals surface area contributed by atoms with Gasteiger partial charge in [-0.3, -0.25) is 9.63 Å². The van der Waals surface area contributed by atoms with Crippen molar-refractivity contribution in [2.45, 2.75) is 32.7 Å². The molecule has 3 rings (SSSR count). The number of benzene rings is 2. The molecule has 1 amide bonds. The lowest BCUT2D eigenvalue weighted by Crippen LogP contribution is -2.31. The summed E-state index contributed by atoms with van der Waals surface area (Å²) >= 11 is 0. The van der Waals surface area contributed by atoms with Crippen molar-refractivity contribution in [1.29, 1.82) is 0 Å². The Morgan fingerprint density at radius 1 is 1.21 bits per heavy atom. The second-order valence-corrected chi connectivity index (χ2v) is 7.09. The Morgan fingerprint density at radius 3 is 2.62 bits per heavy atom. The number of aryl methyl sites for hydroxylation is 1. The molecule has 1 aliphatic heterocycles. The number of carbonyl (C=O) groups is 1. The summed E-state index contributed by atoms with van der Waals surface area (Å²) < 4.78 is 53.1. The molecule has 1 aliphatic rings. The molecule has 0 radical (unpaired) electrons. The molecule has 0 saturated carbocycles. The normalized spacial score (nSPS) is 17.9. The average molecular weight is 410 g/mol. The number of halogens is 3. The first-order valence-electron chi connectivity index (χ1n) is 8.91. The lowest BCUT2D eigenvalue weighted by atomic mass is 10.1. The van der Waals surface area contributed by atoms with Crippen molar-refractivity contribution in [1.82, 2.24) is 5.48 Å². The van der Waals surface area contributed by atoms with E-state index in [4.69, 9.17) is 14.3 Å². The van der Waals surface area contributed by atoms with E-state index in [-0.39, 0.29) is 24.5 Å². The molecular weight excluding hydrogens is 389 g/mol. The van der Waals surface area contributed by atoms with E-state index in [0.29, 0.717) is 5.56 Å². The molecule has 0 aromatic heterocycles. The Kier molecular flexibility index (Phi) is 6.11. The molecule has 1 saturated heterocycles. The van der Waals surface area contributed by atoms with Gasteiger partial charge in [0.05, 0.1) is 23.5 Å². The molecule has 1 heterocycles. The van der Waals surface area contributed by atoms with Crippen LogP contribution in [0.1, 0.15) is 29.8 Å². The van der Waals surface area contributed by atoms with Gasteiger partial charge in [0, 0.05) is 0 Å². The van der Waals surface area contributed by atoms with Gasteiger partial charge in [0.15, 0.2) is 17.4 Å². The third-order valence-electron chi connectivity index (χ3n) is 4.23. The zero-order valence-corrected chi connectivity index (χ0v) is 16.1. The van der Waals surface area contributed by atoms with Gasteiger partial charge in [0.25, 0.3) is 5.91 Å². The zero-order chi connectivity index (χ0) is 21.2. The van der Waals surface area contributed by atoms with E-state index in [2.05, 4.69) is 10.8 Å². The summed E-state index contributed by atoms with van der Waals surface area (Å²) in [5.41, 5.74) is 1.94. The highest BCUT2D eigenvalue weighted by molar-refractivity contribution is 6.00. The van der Waals surface area contributed by atoms with Crippen LogP contribution in [0.5, 0.6) is 0 Å². The first kappa shape index (κ1) is 21.1. The van der Waals surface area contributed by atoms with Crippen LogP contribution in [0.15, 0.2) is 30.3 Å². The molecule has 2 aromatic carbocycles. The number of carbonyl (C=O) groups excluding carboxylic acids is 1. The van der Waals surface area contributed by atoms with Gasteiger partial charge in [-0.25, -0.2) is 18.7 Å². The molecule has 6 nitrogen and oxygen atoms in total. The number of nitrogens with one attached hydrogen (secondary N) is 2. The molecule has 2 N–H and O–H groups in total. The van der Waals surface area contributed by atoms with Crippen LogP contribution in [0.25, 0.3) is 0 Å². The monoisotopic (exact) mass is 410 g/mol. The summed E-state index contributed by atoms with van der Waals surface area (Å²) in [5, 5.41) is 2.45. The summed E-state index contributed by atoms with van der Waals surface area (Å²) in [5.74, 6) is -4.75. The molecule has 1 fully saturated rings. The van der Waals surface area contributed by atoms with Gasteiger partial charge in [0.1, 0.15) is 18.5 Å². The Morgan fingerprint density at radius 2 is 1.97 bits per heavy atom. The topological polar surface area (TPSA) is 68.8 Å². The fourth-order valence-electron chi connectivity index (χ4n) is 2.82. The second-order valence-electron chi connectivity index (χ2n) is 7.09. The van der Waals surface area contributed by atoms with E-state index in [1.807, 2.05) is 0 Å². The van der Waals surface area contributed by atoms with Crippen molar-refractivity contribution < 1.29 is 32.3 Å². The fraction of sp³-hybridized carbons (Fsp3) is 0.350. The van der Waals surface area contributed by atoms with Crippen LogP contribution in [0.2, 0.25) is 0 Å². The maximum atomic E-state index is 14.4. The number of hydrogen-bond acceptors (Lipinski definition) is 5. The zero-order valence-electron chi connectivity index (χ0n) is 16.1. The van der Waals surface area contributed by atoms with E-state index in [0.717, 1.165) is 12.1 Å². The first-order chi connectivity index (χ1) is 13.7. The highest BCUT2D eigenvalue weighted by Crippen LogP contribution is 2.28. The van der Waals surface area contributed by atoms with Crippen LogP contribution >= 0.6 is 0 Å². The number of ether oxygens (including phenoxy) is 2. The van der Waals surface area contributed by atoms with Gasteiger partial charge in [-0.05, 0) is 50.6 Å². The molecule has 1 atom stereocenters. The van der Waals surface area contributed by atoms with Gasteiger partial charge in [-0.2, -0.15) is 0 Å². The van der Waals surface area contributed by atoms with Crippen molar-refractivity contribution in [3.8, 4) is 0 Å². The van der Waals surface area contributed by atoms with Crippen molar-refractivity contribution >= 4 is 17.3 Å². The fourth-order valence-corrected chi connectivity index (χ4v) is 2.82. The van der Waals surface area contributed by atoms with Crippen molar-refractivity contribution in [3.63, 3.8) is 0 Å². The minimum atomic E-state index is -1.31. The predicted molar refractivity (Wildman–Crippen MR) is 99.1 cm³/mol. The summed E-state index contributed by atoms with van der Waals surface area (Å²) in [6.07, 6.45) is -0.394. The summed E-state index contributed by atoms with van der Waals surface area (Å²) in [6, 6.07) is 6.07. The molecule has 29 heavy (non-hydrogen) atoms. The van der Waals surface area contributed by atoms with Crippen LogP contribution in [0.3, 0.4) is 0 Å². The van der Waals surface area contributed by atoms with E-state index in [1.54, 1.807) is 26.8 Å². The summed E-state index contributed by atoms with van der Waals surface area (Å²) in [7, 11) is 0. The minimum Gasteiger partial charge on any atom is -0.350 e.